The summed E-state index contributed by atoms with van der Waals surface area (Å²) < 4.78 is 27.7. The van der Waals surface area contributed by atoms with Gasteiger partial charge in [0, 0.05) is 11.6 Å². The molecule has 7 nitrogen and oxygen atoms in total. The second-order valence-electron chi connectivity index (χ2n) is 6.06. The minimum atomic E-state index is -3.64. The maximum atomic E-state index is 12.5. The van der Waals surface area contributed by atoms with Crippen LogP contribution in [0.25, 0.3) is 0 Å². The maximum Gasteiger partial charge on any atom is 0.255 e. The molecule has 4 N–H and O–H groups in total. The number of nitrogens with one attached hydrogen (secondary N) is 2. The van der Waals surface area contributed by atoms with E-state index in [0.29, 0.717) is 11.5 Å². The summed E-state index contributed by atoms with van der Waals surface area (Å²) in [5.74, 6) is -0.0615. The van der Waals surface area contributed by atoms with Gasteiger partial charge in [-0.2, -0.15) is 0 Å². The monoisotopic (exact) mass is 396 g/mol. The number of benzene rings is 1. The summed E-state index contributed by atoms with van der Waals surface area (Å²) in [7, 11) is -3.64. The topological polar surface area (TPSA) is 114 Å². The number of pyridine rings is 1. The SMILES string of the molecule is Cl.Nc1ccc(NC(=O)c2cccc(S(=O)(=O)NC3CCCC3)c2)cn1. The largest absolute Gasteiger partial charge is 0.384 e. The molecule has 0 spiro atoms. The Hall–Kier alpha value is -2.16. The van der Waals surface area contributed by atoms with Gasteiger partial charge in [0.25, 0.3) is 5.91 Å². The van der Waals surface area contributed by atoms with Crippen molar-refractivity contribution in [2.75, 3.05) is 11.1 Å². The molecule has 1 aromatic heterocycles. The molecule has 1 amide bonds. The molecule has 0 bridgehead atoms. The number of nitrogens with two attached hydrogens (primary N) is 1. The van der Waals surface area contributed by atoms with Gasteiger partial charge in [-0.1, -0.05) is 18.9 Å². The van der Waals surface area contributed by atoms with E-state index < -0.39 is 15.9 Å². The Labute approximate surface area is 158 Å². The molecule has 0 unspecified atom stereocenters. The summed E-state index contributed by atoms with van der Waals surface area (Å²) in [6, 6.07) is 9.15. The molecule has 26 heavy (non-hydrogen) atoms. The maximum absolute atomic E-state index is 12.5. The highest BCUT2D eigenvalue weighted by Gasteiger charge is 2.23. The van der Waals surface area contributed by atoms with Crippen LogP contribution in [0, 0.1) is 0 Å². The highest BCUT2D eigenvalue weighted by atomic mass is 35.5. The highest BCUT2D eigenvalue weighted by Crippen LogP contribution is 2.21. The molecule has 1 aliphatic rings. The number of anilines is 2. The Morgan fingerprint density at radius 3 is 2.54 bits per heavy atom. The normalized spacial score (nSPS) is 14.6. The Bertz CT molecular complexity index is 866. The quantitative estimate of drug-likeness (QED) is 0.718. The summed E-state index contributed by atoms with van der Waals surface area (Å²) >= 11 is 0. The molecule has 0 saturated heterocycles. The second-order valence-corrected chi connectivity index (χ2v) is 7.77. The lowest BCUT2D eigenvalue weighted by Crippen LogP contribution is -2.32. The Morgan fingerprint density at radius 2 is 1.88 bits per heavy atom. The van der Waals surface area contributed by atoms with Gasteiger partial charge in [-0.15, -0.1) is 12.4 Å². The third kappa shape index (κ3) is 4.94. The predicted octanol–water partition coefficient (Wildman–Crippen LogP) is 2.56. The summed E-state index contributed by atoms with van der Waals surface area (Å²) in [5.41, 5.74) is 6.24. The molecule has 0 atom stereocenters. The molecular formula is C17H21ClN4O3S. The van der Waals surface area contributed by atoms with E-state index in [4.69, 9.17) is 5.73 Å². The number of halogens is 1. The van der Waals surface area contributed by atoms with E-state index in [9.17, 15) is 13.2 Å². The first-order valence-electron chi connectivity index (χ1n) is 8.09. The van der Waals surface area contributed by atoms with Crippen molar-refractivity contribution in [2.24, 2.45) is 0 Å². The van der Waals surface area contributed by atoms with Crippen molar-refractivity contribution in [2.45, 2.75) is 36.6 Å². The van der Waals surface area contributed by atoms with Crippen LogP contribution in [-0.4, -0.2) is 25.4 Å². The van der Waals surface area contributed by atoms with Crippen LogP contribution in [0.1, 0.15) is 36.0 Å². The van der Waals surface area contributed by atoms with E-state index in [0.717, 1.165) is 25.7 Å². The predicted molar refractivity (Wildman–Crippen MR) is 103 cm³/mol. The average Bonchev–Trinajstić information content (AvgIpc) is 3.09. The highest BCUT2D eigenvalue weighted by molar-refractivity contribution is 7.89. The van der Waals surface area contributed by atoms with Gasteiger partial charge in [0.15, 0.2) is 0 Å². The van der Waals surface area contributed by atoms with Gasteiger partial charge in [-0.3, -0.25) is 4.79 Å². The summed E-state index contributed by atoms with van der Waals surface area (Å²) in [5, 5.41) is 2.66. The number of hydrogen-bond acceptors (Lipinski definition) is 5. The van der Waals surface area contributed by atoms with E-state index >= 15 is 0 Å². The first-order chi connectivity index (χ1) is 11.9. The van der Waals surface area contributed by atoms with E-state index in [2.05, 4.69) is 15.0 Å². The van der Waals surface area contributed by atoms with E-state index in [1.165, 1.54) is 18.3 Å². The smallest absolute Gasteiger partial charge is 0.255 e. The zero-order chi connectivity index (χ0) is 17.9. The molecule has 1 fully saturated rings. The van der Waals surface area contributed by atoms with Crippen molar-refractivity contribution >= 4 is 39.8 Å². The molecular weight excluding hydrogens is 376 g/mol. The fraction of sp³-hybridized carbons (Fsp3) is 0.294. The second kappa shape index (κ2) is 8.48. The number of rotatable bonds is 5. The Kier molecular flexibility index (Phi) is 6.57. The van der Waals surface area contributed by atoms with Gasteiger partial charge in [0.2, 0.25) is 10.0 Å². The number of amides is 1. The molecule has 1 saturated carbocycles. The van der Waals surface area contributed by atoms with Gasteiger partial charge in [-0.05, 0) is 43.2 Å². The summed E-state index contributed by atoms with van der Waals surface area (Å²) in [6.07, 6.45) is 5.21. The zero-order valence-electron chi connectivity index (χ0n) is 14.0. The third-order valence-corrected chi connectivity index (χ3v) is 5.65. The minimum absolute atomic E-state index is 0. The summed E-state index contributed by atoms with van der Waals surface area (Å²) in [4.78, 5) is 16.3. The van der Waals surface area contributed by atoms with Gasteiger partial charge < -0.3 is 11.1 Å². The molecule has 140 valence electrons. The molecule has 0 aliphatic heterocycles. The van der Waals surface area contributed by atoms with Crippen LogP contribution >= 0.6 is 12.4 Å². The fourth-order valence-corrected chi connectivity index (χ4v) is 4.17. The van der Waals surface area contributed by atoms with Crippen LogP contribution in [-0.2, 0) is 10.0 Å². The summed E-state index contributed by atoms with van der Waals surface area (Å²) in [6.45, 7) is 0. The lowest BCUT2D eigenvalue weighted by atomic mass is 10.2. The van der Waals surface area contributed by atoms with Crippen molar-refractivity contribution in [1.29, 1.82) is 0 Å². The van der Waals surface area contributed by atoms with Gasteiger partial charge in [-0.25, -0.2) is 18.1 Å². The van der Waals surface area contributed by atoms with Crippen molar-refractivity contribution < 1.29 is 13.2 Å². The molecule has 0 radical (unpaired) electrons. The number of nitrogen functional groups attached to an aromatic ring is 1. The molecule has 9 heteroatoms. The standard InChI is InChI=1S/C17H20N4O3S.ClH/c18-16-9-8-14(11-19-16)20-17(22)12-4-3-7-15(10-12)25(23,24)21-13-5-1-2-6-13;/h3-4,7-11,13,21H,1-2,5-6H2,(H2,18,19)(H,20,22);1H. The van der Waals surface area contributed by atoms with Gasteiger partial charge in [0.1, 0.15) is 5.82 Å². The van der Waals surface area contributed by atoms with Crippen molar-refractivity contribution in [1.82, 2.24) is 9.71 Å². The first kappa shape index (κ1) is 20.2. The van der Waals surface area contributed by atoms with Gasteiger partial charge >= 0.3 is 0 Å². The van der Waals surface area contributed by atoms with E-state index in [-0.39, 0.29) is 28.9 Å². The van der Waals surface area contributed by atoms with Crippen LogP contribution in [0.2, 0.25) is 0 Å². The van der Waals surface area contributed by atoms with Crippen LogP contribution in [0.3, 0.4) is 0 Å². The Balaban J connectivity index is 0.00000243. The molecule has 1 aromatic carbocycles. The molecule has 3 rings (SSSR count). The number of hydrogen-bond donors (Lipinski definition) is 3. The fourth-order valence-electron chi connectivity index (χ4n) is 2.82. The molecule has 1 aliphatic carbocycles. The lowest BCUT2D eigenvalue weighted by molar-refractivity contribution is 0.102. The van der Waals surface area contributed by atoms with Crippen LogP contribution in [0.4, 0.5) is 11.5 Å². The lowest BCUT2D eigenvalue weighted by Gasteiger charge is -2.13. The number of nitrogens with zero attached hydrogens (tertiary/aromatic N) is 1. The minimum Gasteiger partial charge on any atom is -0.384 e. The molecule has 2 aromatic rings. The van der Waals surface area contributed by atoms with Crippen molar-refractivity contribution in [3.63, 3.8) is 0 Å². The first-order valence-corrected chi connectivity index (χ1v) is 9.58. The molecule has 1 heterocycles. The number of carbonyl (C=O) groups is 1. The average molecular weight is 397 g/mol. The van der Waals surface area contributed by atoms with Crippen molar-refractivity contribution in [3.05, 3.63) is 48.2 Å². The van der Waals surface area contributed by atoms with Crippen LogP contribution < -0.4 is 15.8 Å². The van der Waals surface area contributed by atoms with Crippen LogP contribution in [0.5, 0.6) is 0 Å². The number of aromatic nitrogens is 1. The van der Waals surface area contributed by atoms with Crippen molar-refractivity contribution in [3.8, 4) is 0 Å². The number of sulfonamides is 1. The third-order valence-electron chi connectivity index (χ3n) is 4.13. The van der Waals surface area contributed by atoms with Gasteiger partial charge in [0.05, 0.1) is 16.8 Å². The van der Waals surface area contributed by atoms with E-state index in [1.54, 1.807) is 24.3 Å². The zero-order valence-corrected chi connectivity index (χ0v) is 15.6. The number of carbonyl (C=O) groups excluding carboxylic acids is 1. The van der Waals surface area contributed by atoms with E-state index in [1.807, 2.05) is 0 Å². The van der Waals surface area contributed by atoms with Crippen LogP contribution in [0.15, 0.2) is 47.5 Å². The Morgan fingerprint density at radius 1 is 1.15 bits per heavy atom.